The average Bonchev–Trinajstić information content (AvgIpc) is 3.00. The van der Waals surface area contributed by atoms with Gasteiger partial charge in [0.05, 0.1) is 7.11 Å². The van der Waals surface area contributed by atoms with E-state index in [4.69, 9.17) is 4.74 Å². The van der Waals surface area contributed by atoms with Crippen LogP contribution in [0.2, 0.25) is 0 Å². The highest BCUT2D eigenvalue weighted by Crippen LogP contribution is 2.34. The molecule has 116 valence electrons. The van der Waals surface area contributed by atoms with Crippen molar-refractivity contribution in [3.05, 3.63) is 65.2 Å². The molecule has 1 atom stereocenters. The van der Waals surface area contributed by atoms with Gasteiger partial charge >= 0.3 is 0 Å². The first-order chi connectivity index (χ1) is 10.7. The number of rotatable bonds is 4. The van der Waals surface area contributed by atoms with Crippen LogP contribution in [-0.2, 0) is 6.54 Å². The predicted molar refractivity (Wildman–Crippen MR) is 81.7 cm³/mol. The molecule has 0 aromatic heterocycles. The molecule has 4 heteroatoms. The van der Waals surface area contributed by atoms with E-state index in [1.54, 1.807) is 19.2 Å². The number of halogens is 2. The molecule has 2 nitrogen and oxygen atoms in total. The largest absolute Gasteiger partial charge is 0.497 e. The third-order valence-electron chi connectivity index (χ3n) is 4.25. The zero-order valence-electron chi connectivity index (χ0n) is 12.6. The topological polar surface area (TPSA) is 12.5 Å². The Hall–Kier alpha value is -1.94. The average molecular weight is 303 g/mol. The molecule has 1 saturated heterocycles. The second-order valence-corrected chi connectivity index (χ2v) is 5.62. The summed E-state index contributed by atoms with van der Waals surface area (Å²) in [7, 11) is 1.65. The monoisotopic (exact) mass is 303 g/mol. The second-order valence-electron chi connectivity index (χ2n) is 5.62. The van der Waals surface area contributed by atoms with Gasteiger partial charge in [-0.05, 0) is 43.1 Å². The summed E-state index contributed by atoms with van der Waals surface area (Å²) in [6, 6.07) is 12.5. The van der Waals surface area contributed by atoms with Gasteiger partial charge in [0.1, 0.15) is 5.75 Å². The standard InChI is InChI=1S/C18H19F2NO/c1-22-15-7-2-5-13(11-15)17-9-4-10-21(17)12-14-6-3-8-16(19)18(14)20/h2-3,5-8,11,17H,4,9-10,12H2,1H3. The highest BCUT2D eigenvalue weighted by atomic mass is 19.2. The van der Waals surface area contributed by atoms with Crippen molar-refractivity contribution in [3.63, 3.8) is 0 Å². The van der Waals surface area contributed by atoms with Crippen LogP contribution in [0.25, 0.3) is 0 Å². The van der Waals surface area contributed by atoms with Crippen molar-refractivity contribution >= 4 is 0 Å². The number of hydrogen-bond acceptors (Lipinski definition) is 2. The van der Waals surface area contributed by atoms with Crippen LogP contribution in [0, 0.1) is 11.6 Å². The first kappa shape index (κ1) is 15.0. The fourth-order valence-electron chi connectivity index (χ4n) is 3.13. The van der Waals surface area contributed by atoms with Crippen LogP contribution in [0.1, 0.15) is 30.0 Å². The molecule has 1 heterocycles. The van der Waals surface area contributed by atoms with Crippen LogP contribution >= 0.6 is 0 Å². The van der Waals surface area contributed by atoms with Crippen molar-refractivity contribution in [3.8, 4) is 5.75 Å². The van der Waals surface area contributed by atoms with Crippen LogP contribution < -0.4 is 4.74 Å². The minimum Gasteiger partial charge on any atom is -0.497 e. The lowest BCUT2D eigenvalue weighted by Crippen LogP contribution is -2.23. The molecule has 22 heavy (non-hydrogen) atoms. The van der Waals surface area contributed by atoms with Gasteiger partial charge in [0.25, 0.3) is 0 Å². The van der Waals surface area contributed by atoms with Gasteiger partial charge in [0, 0.05) is 18.2 Å². The van der Waals surface area contributed by atoms with E-state index >= 15 is 0 Å². The molecular formula is C18H19F2NO. The van der Waals surface area contributed by atoms with Crippen LogP contribution in [0.5, 0.6) is 5.75 Å². The molecule has 0 amide bonds. The quantitative estimate of drug-likeness (QED) is 0.834. The summed E-state index contributed by atoms with van der Waals surface area (Å²) in [4.78, 5) is 2.20. The molecule has 0 aliphatic carbocycles. The highest BCUT2D eigenvalue weighted by Gasteiger charge is 2.27. The number of methoxy groups -OCH3 is 1. The minimum absolute atomic E-state index is 0.220. The van der Waals surface area contributed by atoms with E-state index in [-0.39, 0.29) is 6.04 Å². The summed E-state index contributed by atoms with van der Waals surface area (Å²) in [6.45, 7) is 1.31. The maximum atomic E-state index is 13.9. The molecule has 1 fully saturated rings. The molecule has 0 saturated carbocycles. The Morgan fingerprint density at radius 2 is 2.00 bits per heavy atom. The van der Waals surface area contributed by atoms with E-state index in [1.807, 2.05) is 18.2 Å². The normalized spacial score (nSPS) is 18.6. The fourth-order valence-corrected chi connectivity index (χ4v) is 3.13. The fraction of sp³-hybridized carbons (Fsp3) is 0.333. The SMILES string of the molecule is COc1cccc(C2CCCN2Cc2cccc(F)c2F)c1. The van der Waals surface area contributed by atoms with E-state index in [1.165, 1.54) is 0 Å². The van der Waals surface area contributed by atoms with Crippen molar-refractivity contribution in [2.24, 2.45) is 0 Å². The number of benzene rings is 2. The molecule has 1 unspecified atom stereocenters. The van der Waals surface area contributed by atoms with E-state index < -0.39 is 11.6 Å². The highest BCUT2D eigenvalue weighted by molar-refractivity contribution is 5.31. The van der Waals surface area contributed by atoms with Crippen molar-refractivity contribution in [1.82, 2.24) is 4.90 Å². The third-order valence-corrected chi connectivity index (χ3v) is 4.25. The van der Waals surface area contributed by atoms with Gasteiger partial charge in [-0.1, -0.05) is 24.3 Å². The Labute approximate surface area is 129 Å². The number of likely N-dealkylation sites (tertiary alicyclic amines) is 1. The van der Waals surface area contributed by atoms with Gasteiger partial charge in [0.15, 0.2) is 11.6 Å². The molecule has 0 radical (unpaired) electrons. The molecule has 0 N–H and O–H groups in total. The van der Waals surface area contributed by atoms with E-state index in [0.29, 0.717) is 12.1 Å². The van der Waals surface area contributed by atoms with E-state index in [0.717, 1.165) is 36.8 Å². The zero-order valence-corrected chi connectivity index (χ0v) is 12.6. The van der Waals surface area contributed by atoms with E-state index in [2.05, 4.69) is 11.0 Å². The smallest absolute Gasteiger partial charge is 0.163 e. The lowest BCUT2D eigenvalue weighted by molar-refractivity contribution is 0.243. The second kappa shape index (κ2) is 6.44. The van der Waals surface area contributed by atoms with Gasteiger partial charge in [0.2, 0.25) is 0 Å². The van der Waals surface area contributed by atoms with Crippen molar-refractivity contribution in [2.45, 2.75) is 25.4 Å². The van der Waals surface area contributed by atoms with Crippen molar-refractivity contribution in [1.29, 1.82) is 0 Å². The summed E-state index contributed by atoms with van der Waals surface area (Å²) in [5.41, 5.74) is 1.57. The van der Waals surface area contributed by atoms with Crippen LogP contribution in [-0.4, -0.2) is 18.6 Å². The maximum absolute atomic E-state index is 13.9. The Morgan fingerprint density at radius 1 is 1.18 bits per heavy atom. The Balaban J connectivity index is 1.82. The first-order valence-corrected chi connectivity index (χ1v) is 7.50. The van der Waals surface area contributed by atoms with Crippen molar-refractivity contribution in [2.75, 3.05) is 13.7 Å². The summed E-state index contributed by atoms with van der Waals surface area (Å²) < 4.78 is 32.5. The third kappa shape index (κ3) is 2.97. The lowest BCUT2D eigenvalue weighted by atomic mass is 10.0. The summed E-state index contributed by atoms with van der Waals surface area (Å²) >= 11 is 0. The Morgan fingerprint density at radius 3 is 2.82 bits per heavy atom. The summed E-state index contributed by atoms with van der Waals surface area (Å²) in [5.74, 6) is -0.699. The van der Waals surface area contributed by atoms with Crippen LogP contribution in [0.4, 0.5) is 8.78 Å². The summed E-state index contributed by atoms with van der Waals surface area (Å²) in [6.07, 6.45) is 2.07. The lowest BCUT2D eigenvalue weighted by Gasteiger charge is -2.25. The molecule has 1 aliphatic heterocycles. The van der Waals surface area contributed by atoms with Gasteiger partial charge in [-0.2, -0.15) is 0 Å². The van der Waals surface area contributed by atoms with Gasteiger partial charge in [-0.25, -0.2) is 8.78 Å². The molecule has 0 spiro atoms. The number of hydrogen-bond donors (Lipinski definition) is 0. The van der Waals surface area contributed by atoms with Crippen LogP contribution in [0.3, 0.4) is 0 Å². The maximum Gasteiger partial charge on any atom is 0.163 e. The molecule has 2 aromatic rings. The Kier molecular flexibility index (Phi) is 4.39. The van der Waals surface area contributed by atoms with Gasteiger partial charge < -0.3 is 4.74 Å². The predicted octanol–water partition coefficient (Wildman–Crippen LogP) is 4.31. The Bertz CT molecular complexity index is 659. The van der Waals surface area contributed by atoms with E-state index in [9.17, 15) is 8.78 Å². The molecular weight excluding hydrogens is 284 g/mol. The van der Waals surface area contributed by atoms with Crippen LogP contribution in [0.15, 0.2) is 42.5 Å². The number of nitrogens with zero attached hydrogens (tertiary/aromatic N) is 1. The molecule has 1 aliphatic rings. The molecule has 3 rings (SSSR count). The number of ether oxygens (including phenoxy) is 1. The molecule has 2 aromatic carbocycles. The first-order valence-electron chi connectivity index (χ1n) is 7.50. The van der Waals surface area contributed by atoms with Gasteiger partial charge in [-0.15, -0.1) is 0 Å². The van der Waals surface area contributed by atoms with Gasteiger partial charge in [-0.3, -0.25) is 4.90 Å². The minimum atomic E-state index is -0.783. The summed E-state index contributed by atoms with van der Waals surface area (Å²) in [5, 5.41) is 0. The zero-order chi connectivity index (χ0) is 15.5. The molecule has 0 bridgehead atoms. The van der Waals surface area contributed by atoms with Crippen molar-refractivity contribution < 1.29 is 13.5 Å².